The summed E-state index contributed by atoms with van der Waals surface area (Å²) in [5, 5.41) is 14.8. The van der Waals surface area contributed by atoms with E-state index >= 15 is 4.39 Å². The monoisotopic (exact) mass is 624 g/mol. The van der Waals surface area contributed by atoms with Gasteiger partial charge in [0, 0.05) is 38.5 Å². The van der Waals surface area contributed by atoms with Gasteiger partial charge < -0.3 is 35.3 Å². The van der Waals surface area contributed by atoms with Gasteiger partial charge in [-0.05, 0) is 69.9 Å². The van der Waals surface area contributed by atoms with Gasteiger partial charge in [-0.1, -0.05) is 25.7 Å². The van der Waals surface area contributed by atoms with Crippen molar-refractivity contribution in [2.45, 2.75) is 90.7 Å². The molecular formula is C31H45F3N5O5-. The lowest BCUT2D eigenvalue weighted by atomic mass is 9.92. The number of amides is 4. The van der Waals surface area contributed by atoms with Crippen LogP contribution in [0.25, 0.3) is 5.41 Å². The van der Waals surface area contributed by atoms with Crippen LogP contribution in [-0.2, 0) is 16.0 Å². The molecule has 4 amide bonds. The van der Waals surface area contributed by atoms with Gasteiger partial charge >= 0.3 is 6.09 Å². The van der Waals surface area contributed by atoms with E-state index < -0.39 is 48.3 Å². The van der Waals surface area contributed by atoms with Crippen molar-refractivity contribution in [2.24, 2.45) is 11.8 Å². The van der Waals surface area contributed by atoms with Crippen molar-refractivity contribution in [3.05, 3.63) is 35.0 Å². The summed E-state index contributed by atoms with van der Waals surface area (Å²) in [6.45, 7) is 9.16. The predicted molar refractivity (Wildman–Crippen MR) is 160 cm³/mol. The van der Waals surface area contributed by atoms with E-state index in [4.69, 9.17) is 9.47 Å². The Morgan fingerprint density at radius 2 is 1.80 bits per heavy atom. The number of nitrogens with one attached hydrogen (secondary N) is 2. The molecule has 1 aromatic rings. The predicted octanol–water partition coefficient (Wildman–Crippen LogP) is 5.33. The lowest BCUT2D eigenvalue weighted by Crippen LogP contribution is -2.50. The normalized spacial score (nSPS) is 17.8. The summed E-state index contributed by atoms with van der Waals surface area (Å²) in [7, 11) is 0. The van der Waals surface area contributed by atoms with E-state index in [2.05, 4.69) is 10.6 Å². The van der Waals surface area contributed by atoms with Crippen molar-refractivity contribution in [1.29, 1.82) is 0 Å². The van der Waals surface area contributed by atoms with Crippen LogP contribution in [0.3, 0.4) is 0 Å². The number of alkyl carbamates (subject to hydrolysis) is 1. The van der Waals surface area contributed by atoms with E-state index in [1.165, 1.54) is 12.1 Å². The van der Waals surface area contributed by atoms with Crippen molar-refractivity contribution >= 4 is 23.9 Å². The van der Waals surface area contributed by atoms with Gasteiger partial charge in [0.25, 0.3) is 5.92 Å². The van der Waals surface area contributed by atoms with E-state index in [9.17, 15) is 28.6 Å². The molecule has 1 atom stereocenters. The fraction of sp³-hybridized carbons (Fsp3) is 0.677. The number of nitrogens with zero attached hydrogens (tertiary/aromatic N) is 3. The number of halogens is 3. The number of carbonyl (C=O) groups is 3. The van der Waals surface area contributed by atoms with Crippen LogP contribution in [0.2, 0.25) is 0 Å². The minimum Gasteiger partial charge on any atom is -0.493 e. The summed E-state index contributed by atoms with van der Waals surface area (Å²) < 4.78 is 53.6. The summed E-state index contributed by atoms with van der Waals surface area (Å²) in [6, 6.07) is 2.64. The first kappa shape index (κ1) is 35.0. The molecule has 2 aliphatic rings. The first-order valence-corrected chi connectivity index (χ1v) is 15.2. The molecule has 10 nitrogen and oxygen atoms in total. The zero-order valence-electron chi connectivity index (χ0n) is 26.3. The fourth-order valence-electron chi connectivity index (χ4n) is 5.12. The molecule has 2 saturated heterocycles. The van der Waals surface area contributed by atoms with E-state index in [0.717, 1.165) is 30.6 Å². The molecule has 0 aliphatic carbocycles. The lowest BCUT2D eigenvalue weighted by Gasteiger charge is -2.35. The van der Waals surface area contributed by atoms with Crippen LogP contribution in [0.5, 0.6) is 5.75 Å². The summed E-state index contributed by atoms with van der Waals surface area (Å²) in [4.78, 5) is 40.4. The third-order valence-corrected chi connectivity index (χ3v) is 7.63. The number of hydrogen-bond acceptors (Lipinski definition) is 5. The van der Waals surface area contributed by atoms with Crippen LogP contribution in [0.15, 0.2) is 18.2 Å². The van der Waals surface area contributed by atoms with E-state index in [-0.39, 0.29) is 36.3 Å². The molecule has 44 heavy (non-hydrogen) atoms. The summed E-state index contributed by atoms with van der Waals surface area (Å²) in [6.07, 6.45) is 1.67. The number of ether oxygens (including phenoxy) is 2. The van der Waals surface area contributed by atoms with E-state index in [1.807, 2.05) is 0 Å². The Morgan fingerprint density at radius 3 is 2.36 bits per heavy atom. The number of hydrogen-bond donors (Lipinski definition) is 2. The maximum absolute atomic E-state index is 15.1. The average molecular weight is 625 g/mol. The minimum absolute atomic E-state index is 0.0426. The van der Waals surface area contributed by atoms with Crippen LogP contribution in [0, 0.1) is 17.7 Å². The van der Waals surface area contributed by atoms with Crippen molar-refractivity contribution in [3.8, 4) is 5.75 Å². The van der Waals surface area contributed by atoms with Crippen LogP contribution < -0.4 is 15.4 Å². The lowest BCUT2D eigenvalue weighted by molar-refractivity contribution is -0.133. The second-order valence-electron chi connectivity index (χ2n) is 12.9. The van der Waals surface area contributed by atoms with Gasteiger partial charge in [-0.2, -0.15) is 0 Å². The maximum atomic E-state index is 15.1. The topological polar surface area (TPSA) is 123 Å². The number of rotatable bonds is 10. The van der Waals surface area contributed by atoms with Gasteiger partial charge in [0.05, 0.1) is 13.2 Å². The van der Waals surface area contributed by atoms with Crippen molar-refractivity contribution in [2.75, 3.05) is 32.8 Å². The van der Waals surface area contributed by atoms with Gasteiger partial charge in [0.1, 0.15) is 23.2 Å². The molecule has 13 heteroatoms. The fourth-order valence-corrected chi connectivity index (χ4v) is 5.12. The molecule has 3 rings (SSSR count). The van der Waals surface area contributed by atoms with Crippen LogP contribution in [0.4, 0.5) is 22.8 Å². The second-order valence-corrected chi connectivity index (χ2v) is 12.9. The molecule has 0 radical (unpaired) electrons. The Kier molecular flexibility index (Phi) is 11.9. The van der Waals surface area contributed by atoms with Crippen LogP contribution >= 0.6 is 0 Å². The molecule has 2 heterocycles. The molecule has 246 valence electrons. The zero-order valence-corrected chi connectivity index (χ0v) is 26.3. The number of likely N-dealkylation sites (tertiary alicyclic amines) is 2. The van der Waals surface area contributed by atoms with Crippen LogP contribution in [-0.4, -0.2) is 84.0 Å². The number of benzene rings is 1. The highest BCUT2D eigenvalue weighted by atomic mass is 19.3. The summed E-state index contributed by atoms with van der Waals surface area (Å²) >= 11 is 0. The first-order chi connectivity index (χ1) is 20.5. The Bertz CT molecular complexity index is 1180. The average Bonchev–Trinajstić information content (AvgIpc) is 3.30. The standard InChI is InChI=1S/C31H45F3N5O5/c1-20(2)26(35)37-28(41)38-13-10-21(11-14-38)7-6-16-43-23-9-8-22(24(32)18-23)17-25(36-29(42)44-30(3,4)5)27(40)39-15-12-31(33,34)19-39/h8-9,18,20-21,25H,6-7,10-17,19H2,1-5H3,(H2-,35,36,37,41,42)/q-1/t25-/m0/s1. The van der Waals surface area contributed by atoms with Gasteiger partial charge in [-0.25, -0.2) is 18.0 Å². The molecule has 1 aromatic carbocycles. The van der Waals surface area contributed by atoms with Crippen molar-refractivity contribution in [3.63, 3.8) is 0 Å². The highest BCUT2D eigenvalue weighted by Crippen LogP contribution is 2.28. The van der Waals surface area contributed by atoms with Gasteiger partial charge in [-0.3, -0.25) is 9.59 Å². The molecule has 0 aromatic heterocycles. The molecule has 2 N–H and O–H groups in total. The van der Waals surface area contributed by atoms with Gasteiger partial charge in [0.15, 0.2) is 0 Å². The Hall–Kier alpha value is -3.51. The second kappa shape index (κ2) is 15.0. The molecule has 2 aliphatic heterocycles. The number of alkyl halides is 2. The zero-order chi connectivity index (χ0) is 32.7. The minimum atomic E-state index is -3.01. The van der Waals surface area contributed by atoms with Gasteiger partial charge in [0.2, 0.25) is 11.9 Å². The molecule has 0 saturated carbocycles. The number of amidine groups is 1. The summed E-state index contributed by atoms with van der Waals surface area (Å²) in [5.41, 5.74) is -0.735. The highest BCUT2D eigenvalue weighted by Gasteiger charge is 2.42. The van der Waals surface area contributed by atoms with Gasteiger partial charge in [-0.15, -0.1) is 0 Å². The third-order valence-electron chi connectivity index (χ3n) is 7.63. The van der Waals surface area contributed by atoms with E-state index in [1.54, 1.807) is 45.6 Å². The third kappa shape index (κ3) is 10.9. The largest absolute Gasteiger partial charge is 0.493 e. The van der Waals surface area contributed by atoms with Crippen molar-refractivity contribution < 1.29 is 37.0 Å². The Balaban J connectivity index is 1.49. The quantitative estimate of drug-likeness (QED) is 0.207. The number of urea groups is 1. The van der Waals surface area contributed by atoms with Crippen molar-refractivity contribution in [1.82, 2.24) is 20.4 Å². The van der Waals surface area contributed by atoms with Crippen LogP contribution in [0.1, 0.15) is 72.3 Å². The SMILES string of the molecule is CC(C)C(=[N-])NC(=O)N1CCC(CCCOc2ccc(C[C@H](NC(=O)OC(C)(C)C)C(=O)N3CCC(F)(F)C3)c(F)c2)CC1. The molecule has 2 fully saturated rings. The molecule has 0 spiro atoms. The molecular weight excluding hydrogens is 579 g/mol. The Morgan fingerprint density at radius 1 is 1.11 bits per heavy atom. The maximum Gasteiger partial charge on any atom is 0.408 e. The first-order valence-electron chi connectivity index (χ1n) is 15.2. The van der Waals surface area contributed by atoms with E-state index in [0.29, 0.717) is 31.4 Å². The molecule has 0 unspecified atom stereocenters. The summed E-state index contributed by atoms with van der Waals surface area (Å²) in [5.74, 6) is -3.86. The molecule has 0 bridgehead atoms. The highest BCUT2D eigenvalue weighted by molar-refractivity contribution is 6.00. The number of piperidine rings is 1. The Labute approximate surface area is 257 Å². The number of carbonyl (C=O) groups excluding carboxylic acids is 3. The smallest absolute Gasteiger partial charge is 0.408 e.